The summed E-state index contributed by atoms with van der Waals surface area (Å²) in [4.78, 5) is 9.81. The highest BCUT2D eigenvalue weighted by Gasteiger charge is 2.25. The molecular formula is C16H18ClF2N3O5S. The number of sulfonamides is 1. The zero-order valence-electron chi connectivity index (χ0n) is 14.8. The first-order valence-corrected chi connectivity index (χ1v) is 9.01. The summed E-state index contributed by atoms with van der Waals surface area (Å²) in [5, 5.41) is 10.7. The minimum atomic E-state index is -4.03. The number of likely N-dealkylation sites (N-methyl/N-ethyl adjacent to an activating group) is 1. The van der Waals surface area contributed by atoms with Crippen LogP contribution in [-0.4, -0.2) is 38.3 Å². The molecule has 154 valence electrons. The van der Waals surface area contributed by atoms with Gasteiger partial charge in [0, 0.05) is 43.4 Å². The molecule has 12 heteroatoms. The lowest BCUT2D eigenvalue weighted by Gasteiger charge is -2.22. The molecular weight excluding hydrogens is 420 g/mol. The maximum Gasteiger partial charge on any atom is 0.269 e. The smallest absolute Gasteiger partial charge is 0.269 e. The zero-order chi connectivity index (χ0) is 20.4. The zero-order valence-corrected chi connectivity index (χ0v) is 16.5. The summed E-state index contributed by atoms with van der Waals surface area (Å²) in [6.45, 7) is -0.345. The normalized spacial score (nSPS) is 12.4. The van der Waals surface area contributed by atoms with Gasteiger partial charge in [-0.3, -0.25) is 10.1 Å². The Morgan fingerprint density at radius 3 is 2.29 bits per heavy atom. The van der Waals surface area contributed by atoms with Gasteiger partial charge in [-0.2, -0.15) is 4.31 Å². The number of nitrogens with zero attached hydrogens (tertiary/aromatic N) is 2. The minimum absolute atomic E-state index is 0. The standard InChI is InChI=1S/C16H17F2N3O5S.ClH/c1-20(27(24,25)11-5-3-10(4-6-11)21(22)23)9-15(19)12-7-14(18)16(26-2)8-13(12)17;/h3-8,15H,9,19H2,1-2H3;1H. The topological polar surface area (TPSA) is 116 Å². The van der Waals surface area contributed by atoms with Crippen molar-refractivity contribution in [1.29, 1.82) is 0 Å². The second-order valence-corrected chi connectivity index (χ2v) is 7.70. The predicted molar refractivity (Wildman–Crippen MR) is 100.0 cm³/mol. The number of rotatable bonds is 7. The van der Waals surface area contributed by atoms with Crippen molar-refractivity contribution in [1.82, 2.24) is 4.31 Å². The van der Waals surface area contributed by atoms with Crippen LogP contribution in [0, 0.1) is 21.7 Å². The molecule has 0 aliphatic carbocycles. The summed E-state index contributed by atoms with van der Waals surface area (Å²) >= 11 is 0. The lowest BCUT2D eigenvalue weighted by atomic mass is 10.1. The molecule has 0 heterocycles. The van der Waals surface area contributed by atoms with Gasteiger partial charge in [-0.15, -0.1) is 12.4 Å². The molecule has 2 N–H and O–H groups in total. The van der Waals surface area contributed by atoms with E-state index in [1.807, 2.05) is 0 Å². The molecule has 2 aromatic rings. The van der Waals surface area contributed by atoms with E-state index >= 15 is 0 Å². The van der Waals surface area contributed by atoms with Crippen molar-refractivity contribution in [2.45, 2.75) is 10.9 Å². The van der Waals surface area contributed by atoms with Crippen LogP contribution in [0.1, 0.15) is 11.6 Å². The van der Waals surface area contributed by atoms with Gasteiger partial charge in [-0.05, 0) is 18.2 Å². The molecule has 0 saturated heterocycles. The Kier molecular flexibility index (Phi) is 7.82. The summed E-state index contributed by atoms with van der Waals surface area (Å²) in [5.41, 5.74) is 5.38. The monoisotopic (exact) mass is 437 g/mol. The molecule has 0 aliphatic heterocycles. The fourth-order valence-corrected chi connectivity index (χ4v) is 3.57. The quantitative estimate of drug-likeness (QED) is 0.525. The van der Waals surface area contributed by atoms with Gasteiger partial charge in [0.15, 0.2) is 11.6 Å². The maximum atomic E-state index is 14.1. The van der Waals surface area contributed by atoms with Gasteiger partial charge in [0.2, 0.25) is 10.0 Å². The molecule has 0 amide bonds. The number of nitrogens with two attached hydrogens (primary N) is 1. The van der Waals surface area contributed by atoms with E-state index in [0.29, 0.717) is 0 Å². The van der Waals surface area contributed by atoms with E-state index in [1.54, 1.807) is 0 Å². The van der Waals surface area contributed by atoms with Gasteiger partial charge >= 0.3 is 0 Å². The molecule has 28 heavy (non-hydrogen) atoms. The number of non-ortho nitro benzene ring substituents is 1. The Balaban J connectivity index is 0.00000392. The fourth-order valence-electron chi connectivity index (χ4n) is 2.38. The number of hydrogen-bond acceptors (Lipinski definition) is 6. The average molecular weight is 438 g/mol. The third-order valence-electron chi connectivity index (χ3n) is 3.88. The minimum Gasteiger partial charge on any atom is -0.494 e. The van der Waals surface area contributed by atoms with E-state index in [0.717, 1.165) is 40.7 Å². The summed E-state index contributed by atoms with van der Waals surface area (Å²) in [6.07, 6.45) is 0. The highest BCUT2D eigenvalue weighted by Crippen LogP contribution is 2.26. The van der Waals surface area contributed by atoms with Crippen molar-refractivity contribution < 1.29 is 26.9 Å². The predicted octanol–water partition coefficient (Wildman–Crippen LogP) is 2.62. The molecule has 0 aromatic heterocycles. The highest BCUT2D eigenvalue weighted by molar-refractivity contribution is 7.89. The molecule has 2 rings (SSSR count). The van der Waals surface area contributed by atoms with Crippen LogP contribution in [0.2, 0.25) is 0 Å². The van der Waals surface area contributed by atoms with Crippen molar-refractivity contribution in [2.24, 2.45) is 5.73 Å². The molecule has 0 aliphatic rings. The molecule has 1 atom stereocenters. The van der Waals surface area contributed by atoms with E-state index < -0.39 is 32.6 Å². The molecule has 0 saturated carbocycles. The Hall–Kier alpha value is -2.34. The van der Waals surface area contributed by atoms with Crippen LogP contribution in [0.3, 0.4) is 0 Å². The second-order valence-electron chi connectivity index (χ2n) is 5.65. The molecule has 0 spiro atoms. The van der Waals surface area contributed by atoms with E-state index in [2.05, 4.69) is 4.74 Å². The van der Waals surface area contributed by atoms with Gasteiger partial charge in [0.05, 0.1) is 16.9 Å². The first kappa shape index (κ1) is 23.7. The number of methoxy groups -OCH3 is 1. The van der Waals surface area contributed by atoms with Crippen LogP contribution < -0.4 is 10.5 Å². The summed E-state index contributed by atoms with van der Waals surface area (Å²) in [5.74, 6) is -1.96. The van der Waals surface area contributed by atoms with Gasteiger partial charge in [-0.25, -0.2) is 17.2 Å². The Morgan fingerprint density at radius 1 is 1.21 bits per heavy atom. The molecule has 0 bridgehead atoms. The van der Waals surface area contributed by atoms with Crippen LogP contribution in [0.15, 0.2) is 41.3 Å². The first-order valence-electron chi connectivity index (χ1n) is 7.57. The van der Waals surface area contributed by atoms with E-state index in [-0.39, 0.29) is 40.8 Å². The first-order chi connectivity index (χ1) is 12.6. The van der Waals surface area contributed by atoms with E-state index in [1.165, 1.54) is 14.2 Å². The summed E-state index contributed by atoms with van der Waals surface area (Å²) in [7, 11) is -1.63. The van der Waals surface area contributed by atoms with Crippen molar-refractivity contribution >= 4 is 28.1 Å². The number of halogens is 3. The van der Waals surface area contributed by atoms with Crippen LogP contribution in [0.25, 0.3) is 0 Å². The third kappa shape index (κ3) is 4.93. The van der Waals surface area contributed by atoms with Gasteiger partial charge in [0.1, 0.15) is 5.82 Å². The fraction of sp³-hybridized carbons (Fsp3) is 0.250. The van der Waals surface area contributed by atoms with Crippen molar-refractivity contribution in [2.75, 3.05) is 20.7 Å². The van der Waals surface area contributed by atoms with Crippen molar-refractivity contribution in [3.8, 4) is 5.75 Å². The lowest BCUT2D eigenvalue weighted by Crippen LogP contribution is -2.34. The number of nitro benzene ring substituents is 1. The molecule has 1 unspecified atom stereocenters. The largest absolute Gasteiger partial charge is 0.494 e. The summed E-state index contributed by atoms with van der Waals surface area (Å²) in [6, 6.07) is 4.81. The molecule has 0 fully saturated rings. The SMILES string of the molecule is COc1cc(F)c(C(N)CN(C)S(=O)(=O)c2ccc([N+](=O)[O-])cc2)cc1F.Cl. The van der Waals surface area contributed by atoms with Crippen LogP contribution >= 0.6 is 12.4 Å². The maximum absolute atomic E-state index is 14.1. The highest BCUT2D eigenvalue weighted by atomic mass is 35.5. The average Bonchev–Trinajstić information content (AvgIpc) is 2.62. The second kappa shape index (κ2) is 9.24. The third-order valence-corrected chi connectivity index (χ3v) is 5.72. The Bertz CT molecular complexity index is 957. The number of nitro groups is 1. The van der Waals surface area contributed by atoms with Crippen molar-refractivity contribution in [3.63, 3.8) is 0 Å². The molecule has 2 aromatic carbocycles. The van der Waals surface area contributed by atoms with Crippen LogP contribution in [0.5, 0.6) is 5.75 Å². The lowest BCUT2D eigenvalue weighted by molar-refractivity contribution is -0.384. The Labute approximate surface area is 166 Å². The van der Waals surface area contributed by atoms with E-state index in [9.17, 15) is 27.3 Å². The number of benzene rings is 2. The van der Waals surface area contributed by atoms with Crippen LogP contribution in [-0.2, 0) is 10.0 Å². The molecule has 8 nitrogen and oxygen atoms in total. The van der Waals surface area contributed by atoms with Crippen LogP contribution in [0.4, 0.5) is 14.5 Å². The van der Waals surface area contributed by atoms with Crippen molar-refractivity contribution in [3.05, 3.63) is 63.7 Å². The number of hydrogen-bond donors (Lipinski definition) is 1. The van der Waals surface area contributed by atoms with E-state index in [4.69, 9.17) is 5.73 Å². The van der Waals surface area contributed by atoms with Gasteiger partial charge in [0.25, 0.3) is 5.69 Å². The molecule has 0 radical (unpaired) electrons. The summed E-state index contributed by atoms with van der Waals surface area (Å²) < 4.78 is 58.5. The van der Waals surface area contributed by atoms with Gasteiger partial charge in [-0.1, -0.05) is 0 Å². The number of ether oxygens (including phenoxy) is 1. The van der Waals surface area contributed by atoms with Gasteiger partial charge < -0.3 is 10.5 Å². The Morgan fingerprint density at radius 2 is 1.79 bits per heavy atom.